The second kappa shape index (κ2) is 7.34. The van der Waals surface area contributed by atoms with Gasteiger partial charge in [-0.3, -0.25) is 4.79 Å². The predicted octanol–water partition coefficient (Wildman–Crippen LogP) is 2.19. The van der Waals surface area contributed by atoms with Gasteiger partial charge < -0.3 is 20.1 Å². The van der Waals surface area contributed by atoms with Gasteiger partial charge in [0, 0.05) is 18.3 Å². The fourth-order valence-electron chi connectivity index (χ4n) is 2.29. The molecule has 2 N–H and O–H groups in total. The number of aryl methyl sites for hydroxylation is 1. The van der Waals surface area contributed by atoms with E-state index in [1.807, 2.05) is 0 Å². The monoisotopic (exact) mass is 363 g/mol. The third-order valence-corrected chi connectivity index (χ3v) is 3.74. The van der Waals surface area contributed by atoms with Crippen LogP contribution in [0.3, 0.4) is 0 Å². The maximum atomic E-state index is 14.0. The molecule has 0 spiro atoms. The highest BCUT2D eigenvalue weighted by Gasteiger charge is 2.28. The molecule has 2 heterocycles. The number of carbonyl (C=O) groups is 2. The fourth-order valence-corrected chi connectivity index (χ4v) is 2.29. The number of nitrogens with one attached hydrogen (secondary N) is 2. The van der Waals surface area contributed by atoms with Crippen LogP contribution in [0.4, 0.5) is 13.6 Å². The number of ether oxygens (including phenoxy) is 2. The molecule has 1 fully saturated rings. The summed E-state index contributed by atoms with van der Waals surface area (Å²) in [4.78, 5) is 27.0. The van der Waals surface area contributed by atoms with Crippen molar-refractivity contribution in [2.75, 3.05) is 6.61 Å². The maximum absolute atomic E-state index is 14.0. The molecule has 136 valence electrons. The average Bonchev–Trinajstić information content (AvgIpc) is 3.07. The Labute approximate surface area is 147 Å². The Kier molecular flexibility index (Phi) is 4.97. The Morgan fingerprint density at radius 3 is 2.92 bits per heavy atom. The molecule has 1 saturated heterocycles. The lowest BCUT2D eigenvalue weighted by atomic mass is 10.2. The van der Waals surface area contributed by atoms with Crippen LogP contribution in [0.2, 0.25) is 0 Å². The second-order valence-corrected chi connectivity index (χ2v) is 5.59. The van der Waals surface area contributed by atoms with Crippen LogP contribution in [0.25, 0.3) is 0 Å². The number of rotatable bonds is 5. The first-order chi connectivity index (χ1) is 12.5. The molecular formula is C17H15F2N3O4. The quantitative estimate of drug-likeness (QED) is 0.850. The van der Waals surface area contributed by atoms with Crippen molar-refractivity contribution >= 4 is 12.0 Å². The molecule has 1 aromatic carbocycles. The zero-order valence-corrected chi connectivity index (χ0v) is 13.7. The summed E-state index contributed by atoms with van der Waals surface area (Å²) < 4.78 is 37.7. The van der Waals surface area contributed by atoms with Crippen LogP contribution in [0.15, 0.2) is 30.5 Å². The highest BCUT2D eigenvalue weighted by molar-refractivity contribution is 5.87. The first kappa shape index (κ1) is 17.6. The minimum absolute atomic E-state index is 0.0182. The van der Waals surface area contributed by atoms with E-state index in [0.717, 1.165) is 0 Å². The van der Waals surface area contributed by atoms with E-state index >= 15 is 0 Å². The normalized spacial score (nSPS) is 16.0. The molecule has 1 aliphatic heterocycles. The number of halogens is 2. The van der Waals surface area contributed by atoms with E-state index in [2.05, 4.69) is 20.4 Å². The first-order valence-electron chi connectivity index (χ1n) is 7.73. The van der Waals surface area contributed by atoms with Gasteiger partial charge in [-0.2, -0.15) is 4.39 Å². The molecule has 1 aliphatic rings. The van der Waals surface area contributed by atoms with E-state index in [4.69, 9.17) is 4.74 Å². The predicted molar refractivity (Wildman–Crippen MR) is 85.5 cm³/mol. The van der Waals surface area contributed by atoms with Crippen molar-refractivity contribution in [2.45, 2.75) is 19.5 Å². The van der Waals surface area contributed by atoms with Crippen LogP contribution in [0, 0.1) is 18.6 Å². The lowest BCUT2D eigenvalue weighted by Gasteiger charge is -2.13. The summed E-state index contributed by atoms with van der Waals surface area (Å²) in [6.45, 7) is 1.40. The van der Waals surface area contributed by atoms with Crippen LogP contribution in [0.5, 0.6) is 11.6 Å². The summed E-state index contributed by atoms with van der Waals surface area (Å²) >= 11 is 0. The lowest BCUT2D eigenvalue weighted by Crippen LogP contribution is -2.42. The smallest absolute Gasteiger partial charge is 0.407 e. The Balaban J connectivity index is 1.71. The summed E-state index contributed by atoms with van der Waals surface area (Å²) in [6.07, 6.45) is 0.765. The van der Waals surface area contributed by atoms with Crippen LogP contribution < -0.4 is 15.4 Å². The van der Waals surface area contributed by atoms with Gasteiger partial charge in [0.05, 0.1) is 0 Å². The number of benzene rings is 1. The fraction of sp³-hybridized carbons (Fsp3) is 0.235. The van der Waals surface area contributed by atoms with Gasteiger partial charge in [-0.15, -0.1) is 0 Å². The molecule has 1 aromatic heterocycles. The Morgan fingerprint density at radius 2 is 2.19 bits per heavy atom. The SMILES string of the molecule is Cc1ccc(Oc2ncccc2CNC(=O)C2COC(=O)N2)c(F)c1F. The molecule has 7 nitrogen and oxygen atoms in total. The summed E-state index contributed by atoms with van der Waals surface area (Å²) in [5.74, 6) is -2.84. The highest BCUT2D eigenvalue weighted by atomic mass is 19.2. The molecule has 1 atom stereocenters. The molecule has 9 heteroatoms. The van der Waals surface area contributed by atoms with E-state index in [9.17, 15) is 18.4 Å². The van der Waals surface area contributed by atoms with E-state index in [-0.39, 0.29) is 30.3 Å². The summed E-state index contributed by atoms with van der Waals surface area (Å²) in [6, 6.07) is 5.14. The minimum atomic E-state index is -1.11. The average molecular weight is 363 g/mol. The maximum Gasteiger partial charge on any atom is 0.407 e. The van der Waals surface area contributed by atoms with Crippen molar-refractivity contribution in [1.82, 2.24) is 15.6 Å². The summed E-state index contributed by atoms with van der Waals surface area (Å²) in [5, 5.41) is 4.95. The van der Waals surface area contributed by atoms with Crippen LogP contribution in [0.1, 0.15) is 11.1 Å². The molecule has 0 aliphatic carbocycles. The van der Waals surface area contributed by atoms with Crippen LogP contribution >= 0.6 is 0 Å². The zero-order valence-electron chi connectivity index (χ0n) is 13.7. The van der Waals surface area contributed by atoms with E-state index in [1.165, 1.54) is 25.3 Å². The number of hydrogen-bond acceptors (Lipinski definition) is 5. The van der Waals surface area contributed by atoms with Crippen molar-refractivity contribution < 1.29 is 27.8 Å². The van der Waals surface area contributed by atoms with Crippen molar-refractivity contribution in [2.24, 2.45) is 0 Å². The molecule has 0 bridgehead atoms. The van der Waals surface area contributed by atoms with Gasteiger partial charge in [0.2, 0.25) is 17.6 Å². The second-order valence-electron chi connectivity index (χ2n) is 5.59. The first-order valence-corrected chi connectivity index (χ1v) is 7.73. The topological polar surface area (TPSA) is 89.6 Å². The van der Waals surface area contributed by atoms with Crippen molar-refractivity contribution in [3.8, 4) is 11.6 Å². The van der Waals surface area contributed by atoms with Gasteiger partial charge in [0.15, 0.2) is 11.6 Å². The number of aromatic nitrogens is 1. The van der Waals surface area contributed by atoms with Crippen molar-refractivity contribution in [3.63, 3.8) is 0 Å². The van der Waals surface area contributed by atoms with Gasteiger partial charge in [-0.25, -0.2) is 14.2 Å². The molecule has 26 heavy (non-hydrogen) atoms. The van der Waals surface area contributed by atoms with Crippen LogP contribution in [-0.4, -0.2) is 29.6 Å². The highest BCUT2D eigenvalue weighted by Crippen LogP contribution is 2.28. The largest absolute Gasteiger partial charge is 0.447 e. The van der Waals surface area contributed by atoms with E-state index in [1.54, 1.807) is 12.1 Å². The Hall–Kier alpha value is -3.23. The molecule has 0 radical (unpaired) electrons. The van der Waals surface area contributed by atoms with Gasteiger partial charge in [-0.05, 0) is 24.6 Å². The van der Waals surface area contributed by atoms with E-state index < -0.39 is 29.7 Å². The number of pyridine rings is 1. The Bertz CT molecular complexity index is 860. The number of nitrogens with zero attached hydrogens (tertiary/aromatic N) is 1. The van der Waals surface area contributed by atoms with Gasteiger partial charge in [-0.1, -0.05) is 12.1 Å². The van der Waals surface area contributed by atoms with Gasteiger partial charge in [0.25, 0.3) is 0 Å². The summed E-state index contributed by atoms with van der Waals surface area (Å²) in [7, 11) is 0. The zero-order chi connectivity index (χ0) is 18.7. The standard InChI is InChI=1S/C17H15F2N3O4/c1-9-4-5-12(14(19)13(9)18)26-16-10(3-2-6-20-16)7-21-15(23)11-8-25-17(24)22-11/h2-6,11H,7-8H2,1H3,(H,21,23)(H,22,24). The molecular weight excluding hydrogens is 348 g/mol. The molecule has 2 aromatic rings. The van der Waals surface area contributed by atoms with Gasteiger partial charge in [0.1, 0.15) is 12.6 Å². The molecule has 0 saturated carbocycles. The summed E-state index contributed by atoms with van der Waals surface area (Å²) in [5.41, 5.74) is 0.607. The van der Waals surface area contributed by atoms with Crippen LogP contribution in [-0.2, 0) is 16.1 Å². The lowest BCUT2D eigenvalue weighted by molar-refractivity contribution is -0.123. The van der Waals surface area contributed by atoms with Crippen molar-refractivity contribution in [3.05, 3.63) is 53.2 Å². The minimum Gasteiger partial charge on any atom is -0.447 e. The van der Waals surface area contributed by atoms with E-state index in [0.29, 0.717) is 5.56 Å². The van der Waals surface area contributed by atoms with Gasteiger partial charge >= 0.3 is 6.09 Å². The third-order valence-electron chi connectivity index (χ3n) is 3.74. The number of carbonyl (C=O) groups excluding carboxylic acids is 2. The molecule has 3 rings (SSSR count). The number of cyclic esters (lactones) is 1. The molecule has 1 unspecified atom stereocenters. The third kappa shape index (κ3) is 3.71. The van der Waals surface area contributed by atoms with Crippen molar-refractivity contribution in [1.29, 1.82) is 0 Å². The Morgan fingerprint density at radius 1 is 1.38 bits per heavy atom. The number of hydrogen-bond donors (Lipinski definition) is 2. The molecule has 2 amide bonds. The number of alkyl carbamates (subject to hydrolysis) is 1. The number of amides is 2.